The molecule has 1 unspecified atom stereocenters. The van der Waals surface area contributed by atoms with Gasteiger partial charge in [0.25, 0.3) is 0 Å². The zero-order chi connectivity index (χ0) is 13.8. The van der Waals surface area contributed by atoms with Gasteiger partial charge >= 0.3 is 0 Å². The Morgan fingerprint density at radius 1 is 1.11 bits per heavy atom. The van der Waals surface area contributed by atoms with Crippen molar-refractivity contribution in [3.63, 3.8) is 0 Å². The molecular formula is C16H18FNS. The van der Waals surface area contributed by atoms with Gasteiger partial charge in [-0.3, -0.25) is 0 Å². The van der Waals surface area contributed by atoms with Crippen molar-refractivity contribution < 1.29 is 4.39 Å². The van der Waals surface area contributed by atoms with Gasteiger partial charge in [0.15, 0.2) is 0 Å². The Bertz CT molecular complexity index is 568. The van der Waals surface area contributed by atoms with Crippen LogP contribution in [0.2, 0.25) is 0 Å². The molecule has 3 heteroatoms. The number of aryl methyl sites for hydroxylation is 2. The molecule has 0 aliphatic carbocycles. The third-order valence-corrected chi connectivity index (χ3v) is 4.42. The molecule has 0 amide bonds. The lowest BCUT2D eigenvalue weighted by atomic mass is 10.1. The van der Waals surface area contributed by atoms with Crippen molar-refractivity contribution in [3.05, 3.63) is 65.0 Å². The van der Waals surface area contributed by atoms with Crippen molar-refractivity contribution >= 4 is 11.8 Å². The Labute approximate surface area is 118 Å². The lowest BCUT2D eigenvalue weighted by Gasteiger charge is -2.13. The lowest BCUT2D eigenvalue weighted by Crippen LogP contribution is -2.13. The average Bonchev–Trinajstić information content (AvgIpc) is 2.40. The van der Waals surface area contributed by atoms with E-state index in [1.807, 2.05) is 18.2 Å². The van der Waals surface area contributed by atoms with E-state index in [-0.39, 0.29) is 11.9 Å². The van der Waals surface area contributed by atoms with Crippen molar-refractivity contribution in [1.82, 2.24) is 0 Å². The van der Waals surface area contributed by atoms with Crippen molar-refractivity contribution in [3.8, 4) is 0 Å². The SMILES string of the molecule is Cc1cc(C(N)CSc2ccccc2C)ccc1F. The van der Waals surface area contributed by atoms with E-state index in [9.17, 15) is 4.39 Å². The second-order valence-corrected chi connectivity index (χ2v) is 5.75. The van der Waals surface area contributed by atoms with Gasteiger partial charge in [-0.15, -0.1) is 11.8 Å². The molecule has 0 bridgehead atoms. The molecule has 19 heavy (non-hydrogen) atoms. The Hall–Kier alpha value is -1.32. The molecule has 2 aromatic rings. The molecule has 2 aromatic carbocycles. The van der Waals surface area contributed by atoms with E-state index in [0.717, 1.165) is 11.3 Å². The number of hydrogen-bond acceptors (Lipinski definition) is 2. The van der Waals surface area contributed by atoms with Crippen LogP contribution in [0.25, 0.3) is 0 Å². The summed E-state index contributed by atoms with van der Waals surface area (Å²) in [5.74, 6) is 0.609. The number of rotatable bonds is 4. The fourth-order valence-corrected chi connectivity index (χ4v) is 2.91. The fourth-order valence-electron chi connectivity index (χ4n) is 1.89. The van der Waals surface area contributed by atoms with Gasteiger partial charge < -0.3 is 5.73 Å². The lowest BCUT2D eigenvalue weighted by molar-refractivity contribution is 0.616. The van der Waals surface area contributed by atoms with E-state index in [1.165, 1.54) is 16.5 Å². The molecule has 1 nitrogen and oxygen atoms in total. The van der Waals surface area contributed by atoms with Gasteiger partial charge in [0.2, 0.25) is 0 Å². The van der Waals surface area contributed by atoms with Gasteiger partial charge in [-0.25, -0.2) is 4.39 Å². The monoisotopic (exact) mass is 275 g/mol. The maximum atomic E-state index is 13.2. The summed E-state index contributed by atoms with van der Waals surface area (Å²) in [5.41, 5.74) is 9.06. The largest absolute Gasteiger partial charge is 0.323 e. The van der Waals surface area contributed by atoms with E-state index in [1.54, 1.807) is 24.8 Å². The predicted molar refractivity (Wildman–Crippen MR) is 80.0 cm³/mol. The molecule has 0 aliphatic heterocycles. The van der Waals surface area contributed by atoms with Crippen LogP contribution in [0.5, 0.6) is 0 Å². The van der Waals surface area contributed by atoms with Gasteiger partial charge in [-0.05, 0) is 42.7 Å². The predicted octanol–water partition coefficient (Wildman–Crippen LogP) is 4.23. The topological polar surface area (TPSA) is 26.0 Å². The number of hydrogen-bond donors (Lipinski definition) is 1. The van der Waals surface area contributed by atoms with Gasteiger partial charge in [-0.1, -0.05) is 30.3 Å². The van der Waals surface area contributed by atoms with Crippen LogP contribution in [-0.4, -0.2) is 5.75 Å². The third kappa shape index (κ3) is 3.58. The Morgan fingerprint density at radius 3 is 2.53 bits per heavy atom. The van der Waals surface area contributed by atoms with Gasteiger partial charge in [0, 0.05) is 16.7 Å². The molecular weight excluding hydrogens is 257 g/mol. The molecule has 0 spiro atoms. The average molecular weight is 275 g/mol. The molecule has 2 N–H and O–H groups in total. The van der Waals surface area contributed by atoms with Crippen molar-refractivity contribution in [2.45, 2.75) is 24.8 Å². The first-order valence-corrected chi connectivity index (χ1v) is 7.26. The molecule has 2 rings (SSSR count). The summed E-state index contributed by atoms with van der Waals surface area (Å²) in [6, 6.07) is 13.3. The van der Waals surface area contributed by atoms with Crippen molar-refractivity contribution in [2.24, 2.45) is 5.73 Å². The smallest absolute Gasteiger partial charge is 0.126 e. The number of thioether (sulfide) groups is 1. The summed E-state index contributed by atoms with van der Waals surface area (Å²) in [7, 11) is 0. The Morgan fingerprint density at radius 2 is 1.84 bits per heavy atom. The zero-order valence-corrected chi connectivity index (χ0v) is 12.0. The second kappa shape index (κ2) is 6.22. The first-order chi connectivity index (χ1) is 9.08. The Kier molecular flexibility index (Phi) is 4.61. The number of halogens is 1. The minimum absolute atomic E-state index is 0.0797. The van der Waals surface area contributed by atoms with E-state index < -0.39 is 0 Å². The molecule has 100 valence electrons. The van der Waals surface area contributed by atoms with Crippen LogP contribution < -0.4 is 5.73 Å². The summed E-state index contributed by atoms with van der Waals surface area (Å²) in [6.07, 6.45) is 0. The molecule has 0 radical (unpaired) electrons. The van der Waals surface area contributed by atoms with Crippen LogP contribution in [0.4, 0.5) is 4.39 Å². The normalized spacial score (nSPS) is 12.4. The van der Waals surface area contributed by atoms with E-state index in [0.29, 0.717) is 5.56 Å². The number of benzene rings is 2. The first-order valence-electron chi connectivity index (χ1n) is 6.28. The zero-order valence-electron chi connectivity index (χ0n) is 11.2. The highest BCUT2D eigenvalue weighted by atomic mass is 32.2. The Balaban J connectivity index is 2.03. The standard InChI is InChI=1S/C16H18FNS/c1-11-5-3-4-6-16(11)19-10-15(18)13-7-8-14(17)12(2)9-13/h3-9,15H,10,18H2,1-2H3. The molecule has 0 saturated heterocycles. The minimum atomic E-state index is -0.178. The minimum Gasteiger partial charge on any atom is -0.323 e. The molecule has 0 fully saturated rings. The number of nitrogens with two attached hydrogens (primary N) is 1. The maximum Gasteiger partial charge on any atom is 0.126 e. The summed E-state index contributed by atoms with van der Waals surface area (Å²) in [4.78, 5) is 1.25. The quantitative estimate of drug-likeness (QED) is 0.845. The summed E-state index contributed by atoms with van der Waals surface area (Å²) in [6.45, 7) is 3.86. The van der Waals surface area contributed by atoms with E-state index in [2.05, 4.69) is 19.1 Å². The molecule has 0 heterocycles. The first kappa shape index (κ1) is 14.1. The molecule has 0 saturated carbocycles. The van der Waals surface area contributed by atoms with Crippen molar-refractivity contribution in [1.29, 1.82) is 0 Å². The summed E-state index contributed by atoms with van der Waals surface area (Å²) >= 11 is 1.74. The highest BCUT2D eigenvalue weighted by Crippen LogP contribution is 2.26. The van der Waals surface area contributed by atoms with Gasteiger partial charge in [-0.2, -0.15) is 0 Å². The molecule has 0 aromatic heterocycles. The summed E-state index contributed by atoms with van der Waals surface area (Å²) < 4.78 is 13.2. The van der Waals surface area contributed by atoms with Crippen LogP contribution in [-0.2, 0) is 0 Å². The highest BCUT2D eigenvalue weighted by molar-refractivity contribution is 7.99. The van der Waals surface area contributed by atoms with Crippen LogP contribution >= 0.6 is 11.8 Å². The van der Waals surface area contributed by atoms with E-state index >= 15 is 0 Å². The van der Waals surface area contributed by atoms with Crippen LogP contribution in [0.1, 0.15) is 22.7 Å². The van der Waals surface area contributed by atoms with Gasteiger partial charge in [0.05, 0.1) is 0 Å². The van der Waals surface area contributed by atoms with Crippen LogP contribution in [0, 0.1) is 19.7 Å². The van der Waals surface area contributed by atoms with Crippen molar-refractivity contribution in [2.75, 3.05) is 5.75 Å². The van der Waals surface area contributed by atoms with E-state index in [4.69, 9.17) is 5.73 Å². The third-order valence-electron chi connectivity index (χ3n) is 3.12. The maximum absolute atomic E-state index is 13.2. The van der Waals surface area contributed by atoms with Gasteiger partial charge in [0.1, 0.15) is 5.82 Å². The second-order valence-electron chi connectivity index (χ2n) is 4.69. The highest BCUT2D eigenvalue weighted by Gasteiger charge is 2.09. The molecule has 1 atom stereocenters. The fraction of sp³-hybridized carbons (Fsp3) is 0.250. The van der Waals surface area contributed by atoms with Crippen LogP contribution in [0.15, 0.2) is 47.4 Å². The van der Waals surface area contributed by atoms with Crippen LogP contribution in [0.3, 0.4) is 0 Å². The molecule has 0 aliphatic rings. The summed E-state index contributed by atoms with van der Waals surface area (Å²) in [5, 5.41) is 0.